The van der Waals surface area contributed by atoms with Crippen molar-refractivity contribution in [2.75, 3.05) is 24.6 Å². The molecule has 0 spiro atoms. The summed E-state index contributed by atoms with van der Waals surface area (Å²) in [5.74, 6) is 1.54. The van der Waals surface area contributed by atoms with Crippen molar-refractivity contribution in [1.82, 2.24) is 15.3 Å². The van der Waals surface area contributed by atoms with Gasteiger partial charge in [-0.3, -0.25) is 4.79 Å². The van der Waals surface area contributed by atoms with Gasteiger partial charge in [-0.2, -0.15) is 4.98 Å². The maximum Gasteiger partial charge on any atom is 0.258 e. The number of amides is 1. The molecule has 27 heavy (non-hydrogen) atoms. The fourth-order valence-corrected chi connectivity index (χ4v) is 3.23. The lowest BCUT2D eigenvalue weighted by atomic mass is 10.0. The number of rotatable bonds is 6. The average Bonchev–Trinajstić information content (AvgIpc) is 2.65. The van der Waals surface area contributed by atoms with Crippen LogP contribution in [0.3, 0.4) is 0 Å². The van der Waals surface area contributed by atoms with Gasteiger partial charge in [0, 0.05) is 36.4 Å². The summed E-state index contributed by atoms with van der Waals surface area (Å²) in [5, 5.41) is 3.50. The monoisotopic (exact) mass is 388 g/mol. The molecular weight excluding hydrogens is 364 g/mol. The summed E-state index contributed by atoms with van der Waals surface area (Å²) in [6.45, 7) is 6.40. The van der Waals surface area contributed by atoms with E-state index < -0.39 is 0 Å². The first-order valence-corrected chi connectivity index (χ1v) is 9.62. The number of hydrogen-bond donors (Lipinski definition) is 1. The first-order chi connectivity index (χ1) is 13.0. The maximum atomic E-state index is 12.1. The molecule has 0 saturated carbocycles. The molecule has 0 radical (unpaired) electrons. The predicted octanol–water partition coefficient (Wildman–Crippen LogP) is 3.37. The van der Waals surface area contributed by atoms with Crippen LogP contribution < -0.4 is 15.0 Å². The molecule has 1 aliphatic rings. The highest BCUT2D eigenvalue weighted by molar-refractivity contribution is 6.30. The van der Waals surface area contributed by atoms with E-state index in [1.54, 1.807) is 18.2 Å². The zero-order valence-electron chi connectivity index (χ0n) is 15.7. The fraction of sp³-hybridized carbons (Fsp3) is 0.450. The second kappa shape index (κ2) is 9.04. The molecule has 1 fully saturated rings. The Bertz CT molecular complexity index is 782. The third-order valence-electron chi connectivity index (χ3n) is 4.51. The van der Waals surface area contributed by atoms with Crippen LogP contribution in [0.4, 0.5) is 5.95 Å². The number of hydrogen-bond acceptors (Lipinski definition) is 5. The van der Waals surface area contributed by atoms with Crippen LogP contribution in [0.15, 0.2) is 30.3 Å². The number of halogens is 1. The van der Waals surface area contributed by atoms with Gasteiger partial charge in [0.2, 0.25) is 11.8 Å². The van der Waals surface area contributed by atoms with Gasteiger partial charge >= 0.3 is 0 Å². The molecule has 1 aromatic carbocycles. The van der Waals surface area contributed by atoms with E-state index in [-0.39, 0.29) is 12.5 Å². The molecule has 1 amide bonds. The molecule has 1 aromatic heterocycles. The molecule has 0 aliphatic carbocycles. The van der Waals surface area contributed by atoms with Gasteiger partial charge in [-0.25, -0.2) is 4.98 Å². The zero-order valence-corrected chi connectivity index (χ0v) is 16.5. The number of aromatic nitrogens is 2. The molecule has 1 unspecified atom stereocenters. The summed E-state index contributed by atoms with van der Waals surface area (Å²) < 4.78 is 5.60. The molecule has 6 nitrogen and oxygen atoms in total. The van der Waals surface area contributed by atoms with Crippen LogP contribution >= 0.6 is 11.6 Å². The van der Waals surface area contributed by atoms with Crippen molar-refractivity contribution in [1.29, 1.82) is 0 Å². The molecule has 2 aromatic rings. The van der Waals surface area contributed by atoms with E-state index >= 15 is 0 Å². The first-order valence-electron chi connectivity index (χ1n) is 9.24. The number of aryl methyl sites for hydroxylation is 1. The summed E-state index contributed by atoms with van der Waals surface area (Å²) in [7, 11) is 0. The van der Waals surface area contributed by atoms with Gasteiger partial charge < -0.3 is 15.0 Å². The number of nitrogens with zero attached hydrogens (tertiary/aromatic N) is 3. The van der Waals surface area contributed by atoms with Crippen LogP contribution in [0.2, 0.25) is 5.02 Å². The van der Waals surface area contributed by atoms with Gasteiger partial charge in [0.1, 0.15) is 0 Å². The largest absolute Gasteiger partial charge is 0.467 e. The lowest BCUT2D eigenvalue weighted by Gasteiger charge is -2.31. The minimum atomic E-state index is -0.200. The quantitative estimate of drug-likeness (QED) is 0.821. The van der Waals surface area contributed by atoms with Crippen molar-refractivity contribution in [2.45, 2.75) is 33.2 Å². The Morgan fingerprint density at radius 3 is 2.85 bits per heavy atom. The summed E-state index contributed by atoms with van der Waals surface area (Å²) in [5.41, 5.74) is 1.81. The third-order valence-corrected chi connectivity index (χ3v) is 4.76. The van der Waals surface area contributed by atoms with Gasteiger partial charge in [-0.15, -0.1) is 0 Å². The smallest absolute Gasteiger partial charge is 0.258 e. The standard InChI is InChI=1S/C20H25ClN4O2/c1-14-4-3-9-25(12-14)20-23-15(2)10-19(24-20)27-13-18(26)22-11-16-5-7-17(21)8-6-16/h5-8,10,14H,3-4,9,11-13H2,1-2H3,(H,22,26). The van der Waals surface area contributed by atoms with E-state index in [2.05, 4.69) is 27.1 Å². The van der Waals surface area contributed by atoms with Crippen molar-refractivity contribution < 1.29 is 9.53 Å². The Morgan fingerprint density at radius 1 is 1.33 bits per heavy atom. The van der Waals surface area contributed by atoms with Crippen LogP contribution in [-0.2, 0) is 11.3 Å². The van der Waals surface area contributed by atoms with Crippen molar-refractivity contribution in [3.63, 3.8) is 0 Å². The summed E-state index contributed by atoms with van der Waals surface area (Å²) in [4.78, 5) is 23.3. The number of piperidine rings is 1. The van der Waals surface area contributed by atoms with Crippen molar-refractivity contribution >= 4 is 23.5 Å². The molecule has 1 atom stereocenters. The molecule has 2 heterocycles. The van der Waals surface area contributed by atoms with Crippen molar-refractivity contribution in [3.05, 3.63) is 46.6 Å². The Kier molecular flexibility index (Phi) is 6.50. The Balaban J connectivity index is 1.54. The zero-order chi connectivity index (χ0) is 19.2. The number of carbonyl (C=O) groups excluding carboxylic acids is 1. The molecule has 1 aliphatic heterocycles. The highest BCUT2D eigenvalue weighted by Gasteiger charge is 2.19. The normalized spacial score (nSPS) is 16.9. The second-order valence-corrected chi connectivity index (χ2v) is 7.47. The molecule has 0 bridgehead atoms. The predicted molar refractivity (Wildman–Crippen MR) is 106 cm³/mol. The lowest BCUT2D eigenvalue weighted by Crippen LogP contribution is -2.35. The Labute approximate surface area is 164 Å². The molecule has 1 saturated heterocycles. The van der Waals surface area contributed by atoms with E-state index in [1.807, 2.05) is 19.1 Å². The summed E-state index contributed by atoms with van der Waals surface area (Å²) >= 11 is 5.86. The highest BCUT2D eigenvalue weighted by atomic mass is 35.5. The van der Waals surface area contributed by atoms with E-state index in [9.17, 15) is 4.79 Å². The number of benzene rings is 1. The minimum Gasteiger partial charge on any atom is -0.467 e. The van der Waals surface area contributed by atoms with E-state index in [0.717, 1.165) is 30.8 Å². The van der Waals surface area contributed by atoms with Gasteiger partial charge in [0.25, 0.3) is 5.91 Å². The van der Waals surface area contributed by atoms with Crippen LogP contribution in [0, 0.1) is 12.8 Å². The average molecular weight is 389 g/mol. The van der Waals surface area contributed by atoms with Gasteiger partial charge in [0.15, 0.2) is 6.61 Å². The molecule has 3 rings (SSSR count). The minimum absolute atomic E-state index is 0.0834. The van der Waals surface area contributed by atoms with Crippen LogP contribution in [0.5, 0.6) is 5.88 Å². The third kappa shape index (κ3) is 5.82. The lowest BCUT2D eigenvalue weighted by molar-refractivity contribution is -0.123. The Hall–Kier alpha value is -2.34. The molecule has 7 heteroatoms. The van der Waals surface area contributed by atoms with Crippen molar-refractivity contribution in [3.8, 4) is 5.88 Å². The summed E-state index contributed by atoms with van der Waals surface area (Å²) in [6.07, 6.45) is 2.38. The van der Waals surface area contributed by atoms with E-state index in [1.165, 1.54) is 6.42 Å². The SMILES string of the molecule is Cc1cc(OCC(=O)NCc2ccc(Cl)cc2)nc(N2CCCC(C)C2)n1. The topological polar surface area (TPSA) is 67.3 Å². The second-order valence-electron chi connectivity index (χ2n) is 7.03. The van der Waals surface area contributed by atoms with E-state index in [4.69, 9.17) is 16.3 Å². The number of anilines is 1. The van der Waals surface area contributed by atoms with Crippen LogP contribution in [0.1, 0.15) is 31.0 Å². The summed E-state index contributed by atoms with van der Waals surface area (Å²) in [6, 6.07) is 9.11. The molecular formula is C20H25ClN4O2. The number of nitrogens with one attached hydrogen (secondary N) is 1. The number of carbonyl (C=O) groups is 1. The van der Waals surface area contributed by atoms with Gasteiger partial charge in [-0.05, 0) is 43.4 Å². The van der Waals surface area contributed by atoms with Gasteiger partial charge in [0.05, 0.1) is 0 Å². The maximum absolute atomic E-state index is 12.1. The molecule has 144 valence electrons. The first kappa shape index (κ1) is 19.4. The Morgan fingerprint density at radius 2 is 2.11 bits per heavy atom. The molecule has 1 N–H and O–H groups in total. The van der Waals surface area contributed by atoms with Crippen molar-refractivity contribution in [2.24, 2.45) is 5.92 Å². The fourth-order valence-electron chi connectivity index (χ4n) is 3.10. The van der Waals surface area contributed by atoms with Gasteiger partial charge in [-0.1, -0.05) is 30.7 Å². The van der Waals surface area contributed by atoms with Crippen LogP contribution in [-0.4, -0.2) is 35.6 Å². The number of ether oxygens (including phenoxy) is 1. The van der Waals surface area contributed by atoms with Crippen LogP contribution in [0.25, 0.3) is 0 Å². The van der Waals surface area contributed by atoms with E-state index in [0.29, 0.717) is 29.3 Å². The highest BCUT2D eigenvalue weighted by Crippen LogP contribution is 2.22.